The van der Waals surface area contributed by atoms with Gasteiger partial charge in [-0.05, 0) is 26.0 Å². The fourth-order valence-corrected chi connectivity index (χ4v) is 2.70. The lowest BCUT2D eigenvalue weighted by molar-refractivity contribution is 0.111. The Kier molecular flexibility index (Phi) is 3.11. The number of aromatic nitrogens is 5. The van der Waals surface area contributed by atoms with Crippen LogP contribution < -0.4 is 0 Å². The number of thiazole rings is 1. The summed E-state index contributed by atoms with van der Waals surface area (Å²) in [5, 5.41) is 8.67. The average Bonchev–Trinajstić information content (AvgIpc) is 3.04. The van der Waals surface area contributed by atoms with Crippen LogP contribution in [0.2, 0.25) is 0 Å². The lowest BCUT2D eigenvalue weighted by atomic mass is 10.1. The minimum absolute atomic E-state index is 0.293. The van der Waals surface area contributed by atoms with Crippen molar-refractivity contribution in [3.8, 4) is 16.4 Å². The van der Waals surface area contributed by atoms with Crippen molar-refractivity contribution in [2.24, 2.45) is 0 Å². The summed E-state index contributed by atoms with van der Waals surface area (Å²) >= 11 is 1.52. The number of hydrogen-bond acceptors (Lipinski definition) is 6. The van der Waals surface area contributed by atoms with E-state index in [0.717, 1.165) is 16.1 Å². The highest BCUT2D eigenvalue weighted by molar-refractivity contribution is 7.14. The van der Waals surface area contributed by atoms with Gasteiger partial charge in [0.1, 0.15) is 5.69 Å². The third-order valence-corrected chi connectivity index (χ3v) is 4.01. The van der Waals surface area contributed by atoms with Gasteiger partial charge in [-0.25, -0.2) is 4.98 Å². The van der Waals surface area contributed by atoms with E-state index < -0.39 is 0 Å². The fraction of sp³-hybridized carbons (Fsp3) is 0.154. The lowest BCUT2D eigenvalue weighted by Gasteiger charge is -2.03. The molecule has 7 heteroatoms. The second-order valence-corrected chi connectivity index (χ2v) is 5.41. The molecule has 3 heterocycles. The van der Waals surface area contributed by atoms with Crippen molar-refractivity contribution in [2.45, 2.75) is 13.8 Å². The highest BCUT2D eigenvalue weighted by atomic mass is 32.1. The quantitative estimate of drug-likeness (QED) is 0.690. The van der Waals surface area contributed by atoms with Gasteiger partial charge in [-0.3, -0.25) is 9.78 Å². The number of hydrogen-bond donors (Lipinski definition) is 0. The number of aldehydes is 1. The first kappa shape index (κ1) is 12.6. The maximum absolute atomic E-state index is 11.2. The van der Waals surface area contributed by atoms with Crippen LogP contribution in [0.5, 0.6) is 0 Å². The van der Waals surface area contributed by atoms with Crippen LogP contribution in [0.3, 0.4) is 0 Å². The number of rotatable bonds is 3. The molecule has 0 amide bonds. The normalized spacial score (nSPS) is 10.7. The predicted molar refractivity (Wildman–Crippen MR) is 75.1 cm³/mol. The van der Waals surface area contributed by atoms with Crippen LogP contribution in [-0.2, 0) is 0 Å². The molecule has 0 fully saturated rings. The summed E-state index contributed by atoms with van der Waals surface area (Å²) < 4.78 is 1.60. The zero-order valence-corrected chi connectivity index (χ0v) is 11.8. The second-order valence-electron chi connectivity index (χ2n) is 4.23. The van der Waals surface area contributed by atoms with Gasteiger partial charge in [-0.1, -0.05) is 16.6 Å². The molecule has 0 N–H and O–H groups in total. The molecule has 3 aromatic heterocycles. The molecule has 0 saturated heterocycles. The van der Waals surface area contributed by atoms with Gasteiger partial charge in [0.15, 0.2) is 12.0 Å². The number of carbonyl (C=O) groups is 1. The standard InChI is InChI=1S/C13H11N5OS/c1-8-9(2)20-13(15-8)18-12(11(7-19)16-17-18)10-3-5-14-6-4-10/h3-7H,1-2H3. The van der Waals surface area contributed by atoms with Crippen molar-refractivity contribution in [3.63, 3.8) is 0 Å². The largest absolute Gasteiger partial charge is 0.296 e. The Morgan fingerprint density at radius 3 is 2.60 bits per heavy atom. The number of carbonyl (C=O) groups excluding carboxylic acids is 1. The Labute approximate surface area is 119 Å². The minimum atomic E-state index is 0.293. The Morgan fingerprint density at radius 1 is 1.25 bits per heavy atom. The molecule has 3 aromatic rings. The molecule has 20 heavy (non-hydrogen) atoms. The second kappa shape index (κ2) is 4.93. The Bertz CT molecular complexity index is 743. The summed E-state index contributed by atoms with van der Waals surface area (Å²) in [5.74, 6) is 0. The molecule has 100 valence electrons. The van der Waals surface area contributed by atoms with Crippen molar-refractivity contribution in [3.05, 3.63) is 40.8 Å². The maximum Gasteiger partial charge on any atom is 0.212 e. The monoisotopic (exact) mass is 285 g/mol. The average molecular weight is 285 g/mol. The fourth-order valence-electron chi connectivity index (χ4n) is 1.83. The molecule has 0 aliphatic carbocycles. The molecule has 0 aliphatic rings. The molecule has 0 aromatic carbocycles. The molecule has 0 spiro atoms. The first-order valence-electron chi connectivity index (χ1n) is 5.96. The molecular weight excluding hydrogens is 274 g/mol. The van der Waals surface area contributed by atoms with Crippen molar-refractivity contribution in [2.75, 3.05) is 0 Å². The van der Waals surface area contributed by atoms with Crippen molar-refractivity contribution >= 4 is 17.6 Å². The van der Waals surface area contributed by atoms with E-state index in [1.165, 1.54) is 11.3 Å². The van der Waals surface area contributed by atoms with E-state index in [1.807, 2.05) is 26.0 Å². The maximum atomic E-state index is 11.2. The van der Waals surface area contributed by atoms with E-state index in [0.29, 0.717) is 22.8 Å². The molecule has 0 atom stereocenters. The van der Waals surface area contributed by atoms with Crippen LogP contribution in [0.15, 0.2) is 24.5 Å². The molecule has 0 bridgehead atoms. The number of nitrogens with zero attached hydrogens (tertiary/aromatic N) is 5. The summed E-state index contributed by atoms with van der Waals surface area (Å²) in [6.45, 7) is 3.94. The van der Waals surface area contributed by atoms with Crippen molar-refractivity contribution in [1.29, 1.82) is 0 Å². The zero-order valence-electron chi connectivity index (χ0n) is 10.9. The van der Waals surface area contributed by atoms with Crippen molar-refractivity contribution in [1.82, 2.24) is 25.0 Å². The van der Waals surface area contributed by atoms with Crippen LogP contribution in [-0.4, -0.2) is 31.2 Å². The first-order chi connectivity index (χ1) is 9.70. The third kappa shape index (κ3) is 2.01. The van der Waals surface area contributed by atoms with Gasteiger partial charge in [0, 0.05) is 22.8 Å². The van der Waals surface area contributed by atoms with Crippen LogP contribution in [0.1, 0.15) is 21.1 Å². The molecule has 0 aliphatic heterocycles. The molecular formula is C13H11N5OS. The van der Waals surface area contributed by atoms with Crippen LogP contribution in [0, 0.1) is 13.8 Å². The van der Waals surface area contributed by atoms with E-state index in [9.17, 15) is 4.79 Å². The molecule has 0 saturated carbocycles. The topological polar surface area (TPSA) is 73.6 Å². The summed E-state index contributed by atoms with van der Waals surface area (Å²) in [4.78, 5) is 20.7. The van der Waals surface area contributed by atoms with Crippen LogP contribution >= 0.6 is 11.3 Å². The highest BCUT2D eigenvalue weighted by Gasteiger charge is 2.18. The minimum Gasteiger partial charge on any atom is -0.296 e. The van der Waals surface area contributed by atoms with Gasteiger partial charge in [0.2, 0.25) is 5.13 Å². The Hall–Kier alpha value is -2.41. The molecule has 6 nitrogen and oxygen atoms in total. The smallest absolute Gasteiger partial charge is 0.212 e. The molecule has 3 rings (SSSR count). The summed E-state index contributed by atoms with van der Waals surface area (Å²) in [6.07, 6.45) is 4.03. The molecule has 0 unspecified atom stereocenters. The van der Waals surface area contributed by atoms with Gasteiger partial charge in [0.25, 0.3) is 0 Å². The van der Waals surface area contributed by atoms with Crippen LogP contribution in [0.25, 0.3) is 16.4 Å². The van der Waals surface area contributed by atoms with Crippen LogP contribution in [0.4, 0.5) is 0 Å². The first-order valence-corrected chi connectivity index (χ1v) is 6.78. The van der Waals surface area contributed by atoms with E-state index in [2.05, 4.69) is 20.3 Å². The van der Waals surface area contributed by atoms with Gasteiger partial charge in [-0.15, -0.1) is 5.10 Å². The van der Waals surface area contributed by atoms with Gasteiger partial charge in [0.05, 0.1) is 5.69 Å². The van der Waals surface area contributed by atoms with E-state index in [1.54, 1.807) is 17.1 Å². The highest BCUT2D eigenvalue weighted by Crippen LogP contribution is 2.27. The molecule has 0 radical (unpaired) electrons. The lowest BCUT2D eigenvalue weighted by Crippen LogP contribution is -1.99. The van der Waals surface area contributed by atoms with Gasteiger partial charge in [-0.2, -0.15) is 4.68 Å². The van der Waals surface area contributed by atoms with E-state index in [4.69, 9.17) is 0 Å². The number of pyridine rings is 1. The SMILES string of the molecule is Cc1nc(-n2nnc(C=O)c2-c2ccncc2)sc1C. The van der Waals surface area contributed by atoms with Gasteiger partial charge >= 0.3 is 0 Å². The Balaban J connectivity index is 2.22. The summed E-state index contributed by atoms with van der Waals surface area (Å²) in [6, 6.07) is 3.63. The van der Waals surface area contributed by atoms with E-state index in [-0.39, 0.29) is 0 Å². The third-order valence-electron chi connectivity index (χ3n) is 2.96. The summed E-state index contributed by atoms with van der Waals surface area (Å²) in [5.41, 5.74) is 2.71. The van der Waals surface area contributed by atoms with Gasteiger partial charge < -0.3 is 0 Å². The van der Waals surface area contributed by atoms with E-state index >= 15 is 0 Å². The Morgan fingerprint density at radius 2 is 2.00 bits per heavy atom. The van der Waals surface area contributed by atoms with Crippen molar-refractivity contribution < 1.29 is 4.79 Å². The summed E-state index contributed by atoms with van der Waals surface area (Å²) in [7, 11) is 0. The zero-order chi connectivity index (χ0) is 14.1. The number of aryl methyl sites for hydroxylation is 2. The predicted octanol–water partition coefficient (Wildman–Crippen LogP) is 2.22.